The van der Waals surface area contributed by atoms with Gasteiger partial charge in [-0.2, -0.15) is 0 Å². The zero-order valence-corrected chi connectivity index (χ0v) is 9.27. The number of rotatable bonds is 1. The van der Waals surface area contributed by atoms with E-state index < -0.39 is 5.97 Å². The molecule has 0 saturated carbocycles. The first-order valence-corrected chi connectivity index (χ1v) is 4.61. The van der Waals surface area contributed by atoms with Gasteiger partial charge >= 0.3 is 5.97 Å². The van der Waals surface area contributed by atoms with Crippen LogP contribution in [0.15, 0.2) is 4.73 Å². The maximum atomic E-state index is 10.8. The molecule has 4 nitrogen and oxygen atoms in total. The Morgan fingerprint density at radius 3 is 2.38 bits per heavy atom. The summed E-state index contributed by atoms with van der Waals surface area (Å²) >= 11 is 3.11. The van der Waals surface area contributed by atoms with Gasteiger partial charge in [0.15, 0.2) is 10.4 Å². The number of halogens is 1. The maximum Gasteiger partial charge on any atom is 0.356 e. The Hall–Kier alpha value is -0.840. The highest BCUT2D eigenvalue weighted by molar-refractivity contribution is 9.10. The molecule has 0 atom stereocenters. The summed E-state index contributed by atoms with van der Waals surface area (Å²) in [5, 5.41) is 8.84. The first-order valence-electron chi connectivity index (χ1n) is 3.81. The Balaban J connectivity index is 3.28. The molecule has 2 N–H and O–H groups in total. The van der Waals surface area contributed by atoms with Crippen molar-refractivity contribution in [2.45, 2.75) is 26.2 Å². The number of imidazole rings is 1. The average molecular weight is 247 g/mol. The summed E-state index contributed by atoms with van der Waals surface area (Å²) in [5.74, 6) is -1.01. The standard InChI is InChI=1S/C8H11BrN2O2/c1-8(2,3)5-4(6(12)13)10-7(9)11-5/h1-3H3,(H,10,11)(H,12,13). The fraction of sp³-hybridized carbons (Fsp3) is 0.500. The molecular formula is C8H11BrN2O2. The Morgan fingerprint density at radius 2 is 2.08 bits per heavy atom. The van der Waals surface area contributed by atoms with Crippen LogP contribution in [-0.2, 0) is 5.41 Å². The molecule has 1 rings (SSSR count). The van der Waals surface area contributed by atoms with E-state index in [-0.39, 0.29) is 11.1 Å². The van der Waals surface area contributed by atoms with Crippen molar-refractivity contribution >= 4 is 21.9 Å². The molecule has 13 heavy (non-hydrogen) atoms. The normalized spacial score (nSPS) is 11.7. The predicted octanol–water partition coefficient (Wildman–Crippen LogP) is 2.17. The summed E-state index contributed by atoms with van der Waals surface area (Å²) in [6, 6.07) is 0. The number of H-pyrrole nitrogens is 1. The third kappa shape index (κ3) is 2.09. The summed E-state index contributed by atoms with van der Waals surface area (Å²) in [4.78, 5) is 17.5. The van der Waals surface area contributed by atoms with E-state index in [0.717, 1.165) is 0 Å². The Labute approximate surface area is 84.5 Å². The van der Waals surface area contributed by atoms with Crippen molar-refractivity contribution in [1.29, 1.82) is 0 Å². The molecule has 0 aliphatic rings. The Bertz CT molecular complexity index is 338. The summed E-state index contributed by atoms with van der Waals surface area (Å²) in [6.45, 7) is 5.79. The fourth-order valence-corrected chi connectivity index (χ4v) is 1.42. The van der Waals surface area contributed by atoms with Crippen LogP contribution in [-0.4, -0.2) is 21.0 Å². The molecule has 0 saturated heterocycles. The first-order chi connectivity index (χ1) is 5.82. The van der Waals surface area contributed by atoms with Crippen molar-refractivity contribution in [2.75, 3.05) is 0 Å². The second-order valence-electron chi connectivity index (χ2n) is 3.81. The first kappa shape index (κ1) is 10.2. The maximum absolute atomic E-state index is 10.8. The van der Waals surface area contributed by atoms with Crippen LogP contribution in [0.1, 0.15) is 37.0 Å². The summed E-state index contributed by atoms with van der Waals surface area (Å²) in [6.07, 6.45) is 0. The van der Waals surface area contributed by atoms with Crippen LogP contribution in [0.3, 0.4) is 0 Å². The number of nitrogens with one attached hydrogen (secondary N) is 1. The lowest BCUT2D eigenvalue weighted by molar-refractivity contribution is 0.0688. The molecule has 1 aromatic heterocycles. The van der Waals surface area contributed by atoms with Crippen molar-refractivity contribution in [3.63, 3.8) is 0 Å². The minimum atomic E-state index is -1.01. The van der Waals surface area contributed by atoms with Gasteiger partial charge in [-0.05, 0) is 15.9 Å². The van der Waals surface area contributed by atoms with E-state index in [9.17, 15) is 4.79 Å². The highest BCUT2D eigenvalue weighted by Crippen LogP contribution is 2.25. The van der Waals surface area contributed by atoms with Gasteiger partial charge in [0.2, 0.25) is 0 Å². The molecule has 5 heteroatoms. The molecule has 0 aliphatic heterocycles. The zero-order chi connectivity index (χ0) is 10.2. The number of hydrogen-bond acceptors (Lipinski definition) is 2. The number of nitrogens with zero attached hydrogens (tertiary/aromatic N) is 1. The van der Waals surface area contributed by atoms with E-state index in [0.29, 0.717) is 10.4 Å². The third-order valence-electron chi connectivity index (χ3n) is 1.63. The molecule has 0 aromatic carbocycles. The third-order valence-corrected chi connectivity index (χ3v) is 2.00. The minimum absolute atomic E-state index is 0.0828. The second-order valence-corrected chi connectivity index (χ2v) is 4.56. The van der Waals surface area contributed by atoms with E-state index in [1.54, 1.807) is 0 Å². The molecule has 0 fully saturated rings. The van der Waals surface area contributed by atoms with Gasteiger partial charge in [-0.3, -0.25) is 0 Å². The number of hydrogen-bond donors (Lipinski definition) is 2. The quantitative estimate of drug-likeness (QED) is 0.799. The van der Waals surface area contributed by atoms with Gasteiger partial charge in [-0.1, -0.05) is 20.8 Å². The SMILES string of the molecule is CC(C)(C)c1[nH]c(Br)nc1C(=O)O. The monoisotopic (exact) mass is 246 g/mol. The van der Waals surface area contributed by atoms with Crippen molar-refractivity contribution in [3.8, 4) is 0 Å². The lowest BCUT2D eigenvalue weighted by atomic mass is 9.91. The lowest BCUT2D eigenvalue weighted by Crippen LogP contribution is -2.16. The van der Waals surface area contributed by atoms with Gasteiger partial charge in [0, 0.05) is 5.41 Å². The minimum Gasteiger partial charge on any atom is -0.476 e. The van der Waals surface area contributed by atoms with Gasteiger partial charge in [-0.25, -0.2) is 9.78 Å². The van der Waals surface area contributed by atoms with Gasteiger partial charge in [0.25, 0.3) is 0 Å². The van der Waals surface area contributed by atoms with E-state index in [2.05, 4.69) is 25.9 Å². The summed E-state index contributed by atoms with van der Waals surface area (Å²) in [7, 11) is 0. The van der Waals surface area contributed by atoms with E-state index >= 15 is 0 Å². The average Bonchev–Trinajstić information content (AvgIpc) is 2.29. The highest BCUT2D eigenvalue weighted by atomic mass is 79.9. The molecular weight excluding hydrogens is 236 g/mol. The Morgan fingerprint density at radius 1 is 1.54 bits per heavy atom. The topological polar surface area (TPSA) is 66.0 Å². The van der Waals surface area contributed by atoms with E-state index in [4.69, 9.17) is 5.11 Å². The van der Waals surface area contributed by atoms with Crippen LogP contribution >= 0.6 is 15.9 Å². The smallest absolute Gasteiger partial charge is 0.356 e. The lowest BCUT2D eigenvalue weighted by Gasteiger charge is -2.16. The van der Waals surface area contributed by atoms with Crippen LogP contribution in [0.2, 0.25) is 0 Å². The molecule has 1 heterocycles. The second kappa shape index (κ2) is 3.14. The molecule has 0 bridgehead atoms. The number of aromatic amines is 1. The van der Waals surface area contributed by atoms with Gasteiger partial charge in [0.05, 0.1) is 5.69 Å². The van der Waals surface area contributed by atoms with Gasteiger partial charge in [-0.15, -0.1) is 0 Å². The molecule has 72 valence electrons. The molecule has 0 amide bonds. The number of aromatic nitrogens is 2. The van der Waals surface area contributed by atoms with Crippen LogP contribution in [0.25, 0.3) is 0 Å². The largest absolute Gasteiger partial charge is 0.476 e. The van der Waals surface area contributed by atoms with Crippen molar-refractivity contribution in [3.05, 3.63) is 16.1 Å². The number of carboxylic acid groups (broad SMARTS) is 1. The fourth-order valence-electron chi connectivity index (χ4n) is 1.04. The molecule has 0 radical (unpaired) electrons. The van der Waals surface area contributed by atoms with Crippen LogP contribution in [0.5, 0.6) is 0 Å². The number of carbonyl (C=O) groups is 1. The van der Waals surface area contributed by atoms with Crippen molar-refractivity contribution in [1.82, 2.24) is 9.97 Å². The molecule has 0 unspecified atom stereocenters. The highest BCUT2D eigenvalue weighted by Gasteiger charge is 2.25. The van der Waals surface area contributed by atoms with Crippen LogP contribution in [0.4, 0.5) is 0 Å². The summed E-state index contributed by atoms with van der Waals surface area (Å²) < 4.78 is 0.454. The van der Waals surface area contributed by atoms with Crippen molar-refractivity contribution < 1.29 is 9.90 Å². The molecule has 0 spiro atoms. The van der Waals surface area contributed by atoms with Gasteiger partial charge in [0.1, 0.15) is 0 Å². The van der Waals surface area contributed by atoms with E-state index in [1.807, 2.05) is 20.8 Å². The number of aromatic carboxylic acids is 1. The van der Waals surface area contributed by atoms with Crippen molar-refractivity contribution in [2.24, 2.45) is 0 Å². The van der Waals surface area contributed by atoms with E-state index in [1.165, 1.54) is 0 Å². The molecule has 0 aliphatic carbocycles. The predicted molar refractivity (Wildman–Crippen MR) is 51.9 cm³/mol. The molecule has 1 aromatic rings. The zero-order valence-electron chi connectivity index (χ0n) is 7.68. The van der Waals surface area contributed by atoms with Crippen LogP contribution in [0, 0.1) is 0 Å². The van der Waals surface area contributed by atoms with Gasteiger partial charge < -0.3 is 10.1 Å². The van der Waals surface area contributed by atoms with Crippen LogP contribution < -0.4 is 0 Å². The summed E-state index contributed by atoms with van der Waals surface area (Å²) in [5.41, 5.74) is 0.471. The number of carboxylic acids is 1. The Kier molecular flexibility index (Phi) is 2.47.